The molecule has 1 aliphatic heterocycles. The van der Waals surface area contributed by atoms with Gasteiger partial charge in [-0.3, -0.25) is 0 Å². The van der Waals surface area contributed by atoms with Crippen molar-refractivity contribution in [3.8, 4) is 0 Å². The molecule has 1 aliphatic carbocycles. The lowest BCUT2D eigenvalue weighted by molar-refractivity contribution is 0.322. The smallest absolute Gasteiger partial charge is 0.112 e. The van der Waals surface area contributed by atoms with E-state index in [4.69, 9.17) is 0 Å². The molecule has 1 fully saturated rings. The van der Waals surface area contributed by atoms with E-state index in [-0.39, 0.29) is 0 Å². The predicted molar refractivity (Wildman–Crippen MR) is 66.8 cm³/mol. The first-order valence-electron chi connectivity index (χ1n) is 6.01. The molecule has 2 aliphatic rings. The van der Waals surface area contributed by atoms with Crippen LogP contribution in [0.4, 0.5) is 10.7 Å². The van der Waals surface area contributed by atoms with Gasteiger partial charge in [-0.05, 0) is 30.2 Å². The van der Waals surface area contributed by atoms with Gasteiger partial charge in [0, 0.05) is 12.6 Å². The molecule has 82 valence electrons. The minimum Gasteiger partial charge on any atom is -0.378 e. The van der Waals surface area contributed by atoms with Gasteiger partial charge in [-0.1, -0.05) is 19.3 Å². The van der Waals surface area contributed by atoms with E-state index < -0.39 is 0 Å². The van der Waals surface area contributed by atoms with Crippen molar-refractivity contribution in [2.24, 2.45) is 5.92 Å². The Bertz CT molecular complexity index is 328. The lowest BCUT2D eigenvalue weighted by atomic mass is 9.83. The van der Waals surface area contributed by atoms with Crippen molar-refractivity contribution in [2.45, 2.75) is 38.1 Å². The third-order valence-electron chi connectivity index (χ3n) is 3.71. The fourth-order valence-electron chi connectivity index (χ4n) is 2.83. The van der Waals surface area contributed by atoms with E-state index >= 15 is 0 Å². The van der Waals surface area contributed by atoms with Gasteiger partial charge in [-0.15, -0.1) is 11.3 Å². The van der Waals surface area contributed by atoms with Gasteiger partial charge < -0.3 is 10.6 Å². The van der Waals surface area contributed by atoms with E-state index in [0.717, 1.165) is 12.5 Å². The van der Waals surface area contributed by atoms with Gasteiger partial charge in [0.05, 0.1) is 5.69 Å². The van der Waals surface area contributed by atoms with E-state index in [0.29, 0.717) is 6.04 Å². The second-order valence-corrected chi connectivity index (χ2v) is 5.61. The van der Waals surface area contributed by atoms with Crippen molar-refractivity contribution in [2.75, 3.05) is 17.2 Å². The summed E-state index contributed by atoms with van der Waals surface area (Å²) < 4.78 is 0. The lowest BCUT2D eigenvalue weighted by Crippen LogP contribution is -2.39. The fourth-order valence-corrected chi connectivity index (χ4v) is 3.60. The van der Waals surface area contributed by atoms with Crippen molar-refractivity contribution in [1.82, 2.24) is 0 Å². The van der Waals surface area contributed by atoms with Crippen LogP contribution in [0.3, 0.4) is 0 Å². The summed E-state index contributed by atoms with van der Waals surface area (Å²) >= 11 is 1.80. The van der Waals surface area contributed by atoms with Gasteiger partial charge in [-0.2, -0.15) is 0 Å². The zero-order valence-electron chi connectivity index (χ0n) is 8.96. The summed E-state index contributed by atoms with van der Waals surface area (Å²) in [6.45, 7) is 1.11. The molecule has 0 saturated heterocycles. The normalized spacial score (nSPS) is 26.5. The number of thiophene rings is 1. The predicted octanol–water partition coefficient (Wildman–Crippen LogP) is 3.53. The SMILES string of the molecule is c1cc2c(s1)NCC(C1CCCCC1)N2. The topological polar surface area (TPSA) is 24.1 Å². The average Bonchev–Trinajstić information content (AvgIpc) is 2.77. The van der Waals surface area contributed by atoms with Crippen LogP contribution in [0.25, 0.3) is 0 Å². The number of hydrogen-bond donors (Lipinski definition) is 2. The Hall–Kier alpha value is -0.700. The highest BCUT2D eigenvalue weighted by Gasteiger charge is 2.26. The van der Waals surface area contributed by atoms with E-state index in [9.17, 15) is 0 Å². The molecule has 0 bridgehead atoms. The summed E-state index contributed by atoms with van der Waals surface area (Å²) in [6.07, 6.45) is 7.14. The van der Waals surface area contributed by atoms with Crippen molar-refractivity contribution in [1.29, 1.82) is 0 Å². The number of anilines is 2. The molecule has 15 heavy (non-hydrogen) atoms. The highest BCUT2D eigenvalue weighted by molar-refractivity contribution is 7.14. The second-order valence-electron chi connectivity index (χ2n) is 4.69. The van der Waals surface area contributed by atoms with Crippen molar-refractivity contribution < 1.29 is 0 Å². The fraction of sp³-hybridized carbons (Fsp3) is 0.667. The average molecular weight is 222 g/mol. The first kappa shape index (κ1) is 9.52. The van der Waals surface area contributed by atoms with Crippen LogP contribution in [0.1, 0.15) is 32.1 Å². The highest BCUT2D eigenvalue weighted by atomic mass is 32.1. The first-order chi connectivity index (χ1) is 7.43. The zero-order valence-corrected chi connectivity index (χ0v) is 9.78. The number of hydrogen-bond acceptors (Lipinski definition) is 3. The van der Waals surface area contributed by atoms with Crippen LogP contribution in [-0.2, 0) is 0 Å². The van der Waals surface area contributed by atoms with Crippen molar-refractivity contribution >= 4 is 22.0 Å². The maximum Gasteiger partial charge on any atom is 0.112 e. The second kappa shape index (κ2) is 4.05. The highest BCUT2D eigenvalue weighted by Crippen LogP contribution is 2.36. The molecule has 0 amide bonds. The van der Waals surface area contributed by atoms with Gasteiger partial charge in [-0.25, -0.2) is 0 Å². The summed E-state index contributed by atoms with van der Waals surface area (Å²) in [7, 11) is 0. The van der Waals surface area contributed by atoms with Crippen LogP contribution in [0.15, 0.2) is 11.4 Å². The summed E-state index contributed by atoms with van der Waals surface area (Å²) in [5.41, 5.74) is 1.32. The molecule has 0 radical (unpaired) electrons. The van der Waals surface area contributed by atoms with Crippen LogP contribution in [0.2, 0.25) is 0 Å². The summed E-state index contributed by atoms with van der Waals surface area (Å²) in [5.74, 6) is 0.888. The van der Waals surface area contributed by atoms with Crippen LogP contribution in [0, 0.1) is 5.92 Å². The molecule has 1 aromatic rings. The molecular weight excluding hydrogens is 204 g/mol. The van der Waals surface area contributed by atoms with Gasteiger partial charge in [0.25, 0.3) is 0 Å². The Labute approximate surface area is 95.1 Å². The van der Waals surface area contributed by atoms with Crippen molar-refractivity contribution in [3.63, 3.8) is 0 Å². The van der Waals surface area contributed by atoms with E-state index in [1.165, 1.54) is 42.8 Å². The first-order valence-corrected chi connectivity index (χ1v) is 6.89. The van der Waals surface area contributed by atoms with Gasteiger partial charge >= 0.3 is 0 Å². The standard InChI is InChI=1S/C12H18N2S/c1-2-4-9(5-3-1)11-8-13-12-10(14-11)6-7-15-12/h6-7,9,11,13-14H,1-5,8H2. The summed E-state index contributed by atoms with van der Waals surface area (Å²) in [5, 5.41) is 10.7. The Morgan fingerprint density at radius 1 is 1.20 bits per heavy atom. The quantitative estimate of drug-likeness (QED) is 0.759. The molecule has 0 spiro atoms. The van der Waals surface area contributed by atoms with E-state index in [2.05, 4.69) is 22.1 Å². The lowest BCUT2D eigenvalue weighted by Gasteiger charge is -2.34. The van der Waals surface area contributed by atoms with E-state index in [1.807, 2.05) is 0 Å². The Morgan fingerprint density at radius 3 is 2.93 bits per heavy atom. The summed E-state index contributed by atoms with van der Waals surface area (Å²) in [6, 6.07) is 2.86. The molecule has 1 unspecified atom stereocenters. The summed E-state index contributed by atoms with van der Waals surface area (Å²) in [4.78, 5) is 0. The number of fused-ring (bicyclic) bond motifs is 1. The Balaban J connectivity index is 1.69. The van der Waals surface area contributed by atoms with Crippen molar-refractivity contribution in [3.05, 3.63) is 11.4 Å². The minimum absolute atomic E-state index is 0.660. The Kier molecular flexibility index (Phi) is 2.57. The van der Waals surface area contributed by atoms with Gasteiger partial charge in [0.2, 0.25) is 0 Å². The molecule has 3 heteroatoms. The minimum atomic E-state index is 0.660. The maximum atomic E-state index is 3.69. The largest absolute Gasteiger partial charge is 0.378 e. The van der Waals surface area contributed by atoms with Crippen LogP contribution in [0.5, 0.6) is 0 Å². The molecule has 1 saturated carbocycles. The number of nitrogens with one attached hydrogen (secondary N) is 2. The third-order valence-corrected chi connectivity index (χ3v) is 4.58. The van der Waals surface area contributed by atoms with Crippen LogP contribution < -0.4 is 10.6 Å². The van der Waals surface area contributed by atoms with E-state index in [1.54, 1.807) is 11.3 Å². The molecule has 2 heterocycles. The maximum absolute atomic E-state index is 3.69. The van der Waals surface area contributed by atoms with Gasteiger partial charge in [0.15, 0.2) is 0 Å². The Morgan fingerprint density at radius 2 is 2.07 bits per heavy atom. The van der Waals surface area contributed by atoms with Crippen LogP contribution >= 0.6 is 11.3 Å². The van der Waals surface area contributed by atoms with Gasteiger partial charge in [0.1, 0.15) is 5.00 Å². The monoisotopic (exact) mass is 222 g/mol. The molecule has 3 rings (SSSR count). The third kappa shape index (κ3) is 1.85. The van der Waals surface area contributed by atoms with Crippen LogP contribution in [-0.4, -0.2) is 12.6 Å². The zero-order chi connectivity index (χ0) is 10.1. The molecule has 1 aromatic heterocycles. The molecule has 2 nitrogen and oxygen atoms in total. The molecular formula is C12H18N2S. The molecule has 0 aromatic carbocycles. The molecule has 1 atom stereocenters. The number of rotatable bonds is 1. The molecule has 2 N–H and O–H groups in total.